The van der Waals surface area contributed by atoms with Crippen LogP contribution in [0.1, 0.15) is 11.1 Å². The summed E-state index contributed by atoms with van der Waals surface area (Å²) in [5.74, 6) is -0.149. The van der Waals surface area contributed by atoms with Crippen molar-refractivity contribution in [1.82, 2.24) is 0 Å². The Hall–Kier alpha value is -3.40. The molecule has 2 rings (SSSR count). The molecule has 4 nitrogen and oxygen atoms in total. The van der Waals surface area contributed by atoms with Crippen molar-refractivity contribution in [3.63, 3.8) is 0 Å². The largest absolute Gasteiger partial charge is 0.423 e. The maximum atomic E-state index is 11.2. The maximum absolute atomic E-state index is 11.2. The molecule has 0 N–H and O–H groups in total. The van der Waals surface area contributed by atoms with Gasteiger partial charge in [0.05, 0.1) is 0 Å². The quantitative estimate of drug-likeness (QED) is 0.460. The number of esters is 2. The maximum Gasteiger partial charge on any atom is 0.335 e. The van der Waals surface area contributed by atoms with Gasteiger partial charge in [-0.1, -0.05) is 44.0 Å². The van der Waals surface area contributed by atoms with Crippen molar-refractivity contribution >= 4 is 17.5 Å². The fraction of sp³-hybridized carbons (Fsp3) is 0. The fourth-order valence-electron chi connectivity index (χ4n) is 1.93. The van der Waals surface area contributed by atoms with Gasteiger partial charge >= 0.3 is 11.9 Å². The normalized spacial score (nSPS) is 9.67. The van der Waals surface area contributed by atoms with Gasteiger partial charge in [0, 0.05) is 12.2 Å². The number of hydrogen-bond acceptors (Lipinski definition) is 4. The van der Waals surface area contributed by atoms with Crippen molar-refractivity contribution < 1.29 is 19.1 Å². The van der Waals surface area contributed by atoms with Gasteiger partial charge in [-0.25, -0.2) is 9.59 Å². The summed E-state index contributed by atoms with van der Waals surface area (Å²) in [6.07, 6.45) is 2.21. The van der Waals surface area contributed by atoms with Crippen molar-refractivity contribution in [3.05, 3.63) is 91.5 Å². The summed E-state index contributed by atoms with van der Waals surface area (Å²) >= 11 is 0. The first-order valence-corrected chi connectivity index (χ1v) is 7.11. The summed E-state index contributed by atoms with van der Waals surface area (Å²) in [5, 5.41) is 0. The van der Waals surface area contributed by atoms with Gasteiger partial charge in [0.15, 0.2) is 0 Å². The minimum Gasteiger partial charge on any atom is -0.423 e. The molecule has 0 aromatic heterocycles. The van der Waals surface area contributed by atoms with Gasteiger partial charge in [-0.05, 0) is 41.0 Å². The Balaban J connectivity index is 2.10. The first-order chi connectivity index (χ1) is 11.5. The van der Waals surface area contributed by atoms with E-state index in [9.17, 15) is 9.59 Å². The predicted molar refractivity (Wildman–Crippen MR) is 92.7 cm³/mol. The predicted octanol–water partition coefficient (Wildman–Crippen LogP) is 3.93. The van der Waals surface area contributed by atoms with E-state index in [1.165, 1.54) is 0 Å². The van der Waals surface area contributed by atoms with E-state index in [2.05, 4.69) is 19.7 Å². The van der Waals surface area contributed by atoms with Crippen molar-refractivity contribution in [2.24, 2.45) is 0 Å². The van der Waals surface area contributed by atoms with E-state index in [1.807, 2.05) is 0 Å². The van der Waals surface area contributed by atoms with E-state index in [4.69, 9.17) is 9.47 Å². The molecule has 24 heavy (non-hydrogen) atoms. The standard InChI is InChI=1S/C20H16O4/c1-4-19(21)23-17-10-6-15(7-11-17)14(3)16-8-12-18(13-9-16)24-20(22)5-2/h4-13H,1-3H2. The lowest BCUT2D eigenvalue weighted by Gasteiger charge is -2.09. The number of benzene rings is 2. The topological polar surface area (TPSA) is 52.6 Å². The molecule has 0 atom stereocenters. The van der Waals surface area contributed by atoms with Gasteiger partial charge in [0.2, 0.25) is 0 Å². The third-order valence-electron chi connectivity index (χ3n) is 3.18. The summed E-state index contributed by atoms with van der Waals surface area (Å²) in [5.41, 5.74) is 2.55. The highest BCUT2D eigenvalue weighted by molar-refractivity contribution is 5.84. The van der Waals surface area contributed by atoms with Crippen LogP contribution >= 0.6 is 0 Å². The lowest BCUT2D eigenvalue weighted by molar-refractivity contribution is -0.129. The molecule has 120 valence electrons. The third kappa shape index (κ3) is 4.30. The summed E-state index contributed by atoms with van der Waals surface area (Å²) in [6, 6.07) is 14.0. The number of hydrogen-bond donors (Lipinski definition) is 0. The van der Waals surface area contributed by atoms with Gasteiger partial charge in [-0.15, -0.1) is 0 Å². The van der Waals surface area contributed by atoms with Crippen LogP contribution < -0.4 is 9.47 Å². The van der Waals surface area contributed by atoms with Gasteiger partial charge in [-0.2, -0.15) is 0 Å². The molecule has 2 aromatic rings. The Morgan fingerprint density at radius 1 is 0.708 bits per heavy atom. The molecule has 0 bridgehead atoms. The average molecular weight is 320 g/mol. The van der Waals surface area contributed by atoms with Crippen LogP contribution in [0.25, 0.3) is 5.57 Å². The van der Waals surface area contributed by atoms with Crippen molar-refractivity contribution in [1.29, 1.82) is 0 Å². The highest BCUT2D eigenvalue weighted by atomic mass is 16.5. The fourth-order valence-corrected chi connectivity index (χ4v) is 1.93. The molecular formula is C20H16O4. The van der Waals surface area contributed by atoms with Gasteiger partial charge < -0.3 is 9.47 Å². The van der Waals surface area contributed by atoms with Gasteiger partial charge in [-0.3, -0.25) is 0 Å². The van der Waals surface area contributed by atoms with Crippen LogP contribution in [0.2, 0.25) is 0 Å². The molecule has 0 aliphatic heterocycles. The van der Waals surface area contributed by atoms with E-state index in [-0.39, 0.29) is 0 Å². The molecule has 0 spiro atoms. The van der Waals surface area contributed by atoms with Crippen LogP contribution in [0, 0.1) is 0 Å². The summed E-state index contributed by atoms with van der Waals surface area (Å²) in [6.45, 7) is 10.8. The highest BCUT2D eigenvalue weighted by Gasteiger charge is 2.06. The Kier molecular flexibility index (Phi) is 5.47. The van der Waals surface area contributed by atoms with Crippen LogP contribution in [-0.2, 0) is 9.59 Å². The van der Waals surface area contributed by atoms with E-state index >= 15 is 0 Å². The minimum atomic E-state index is -0.508. The average Bonchev–Trinajstić information content (AvgIpc) is 2.62. The Morgan fingerprint density at radius 3 is 1.33 bits per heavy atom. The lowest BCUT2D eigenvalue weighted by atomic mass is 9.99. The second kappa shape index (κ2) is 7.74. The highest BCUT2D eigenvalue weighted by Crippen LogP contribution is 2.25. The van der Waals surface area contributed by atoms with Crippen LogP contribution in [0.15, 0.2) is 80.4 Å². The number of carbonyl (C=O) groups excluding carboxylic acids is 2. The molecule has 0 heterocycles. The van der Waals surface area contributed by atoms with Gasteiger partial charge in [0.25, 0.3) is 0 Å². The van der Waals surface area contributed by atoms with E-state index in [0.29, 0.717) is 11.5 Å². The van der Waals surface area contributed by atoms with Crippen LogP contribution in [-0.4, -0.2) is 11.9 Å². The Morgan fingerprint density at radius 2 is 1.04 bits per heavy atom. The second-order valence-corrected chi connectivity index (χ2v) is 4.78. The van der Waals surface area contributed by atoms with Crippen LogP contribution in [0.5, 0.6) is 11.5 Å². The molecule has 4 heteroatoms. The zero-order chi connectivity index (χ0) is 17.5. The molecule has 0 fully saturated rings. The van der Waals surface area contributed by atoms with E-state index in [1.54, 1.807) is 48.5 Å². The summed E-state index contributed by atoms with van der Waals surface area (Å²) < 4.78 is 10.0. The molecular weight excluding hydrogens is 304 g/mol. The van der Waals surface area contributed by atoms with Crippen molar-refractivity contribution in [2.45, 2.75) is 0 Å². The van der Waals surface area contributed by atoms with Crippen LogP contribution in [0.3, 0.4) is 0 Å². The molecule has 0 unspecified atom stereocenters. The first kappa shape index (κ1) is 17.0. The van der Waals surface area contributed by atoms with Crippen LogP contribution in [0.4, 0.5) is 0 Å². The number of carbonyl (C=O) groups is 2. The van der Waals surface area contributed by atoms with Crippen molar-refractivity contribution in [3.8, 4) is 11.5 Å². The smallest absolute Gasteiger partial charge is 0.335 e. The van der Waals surface area contributed by atoms with E-state index < -0.39 is 11.9 Å². The zero-order valence-electron chi connectivity index (χ0n) is 13.0. The zero-order valence-corrected chi connectivity index (χ0v) is 13.0. The third-order valence-corrected chi connectivity index (χ3v) is 3.18. The Labute approximate surface area is 140 Å². The molecule has 0 aliphatic rings. The summed E-state index contributed by atoms with van der Waals surface area (Å²) in [4.78, 5) is 22.3. The molecule has 0 amide bonds. The molecule has 2 aromatic carbocycles. The monoisotopic (exact) mass is 320 g/mol. The minimum absolute atomic E-state index is 0.433. The first-order valence-electron chi connectivity index (χ1n) is 7.11. The molecule has 0 saturated carbocycles. The molecule has 0 saturated heterocycles. The van der Waals surface area contributed by atoms with E-state index in [0.717, 1.165) is 28.9 Å². The lowest BCUT2D eigenvalue weighted by Crippen LogP contribution is -2.03. The molecule has 0 radical (unpaired) electrons. The SMILES string of the molecule is C=CC(=O)Oc1ccc(C(=C)c2ccc(OC(=O)C=C)cc2)cc1. The summed E-state index contributed by atoms with van der Waals surface area (Å²) in [7, 11) is 0. The van der Waals surface area contributed by atoms with Gasteiger partial charge in [0.1, 0.15) is 11.5 Å². The Bertz CT molecular complexity index is 716. The van der Waals surface area contributed by atoms with Crippen molar-refractivity contribution in [2.75, 3.05) is 0 Å². The second-order valence-electron chi connectivity index (χ2n) is 4.78. The number of ether oxygens (including phenoxy) is 2. The molecule has 0 aliphatic carbocycles. The number of rotatable bonds is 6.